The van der Waals surface area contributed by atoms with E-state index >= 15 is 0 Å². The molecule has 0 radical (unpaired) electrons. The molecule has 1 N–H and O–H groups in total. The van der Waals surface area contributed by atoms with E-state index < -0.39 is 12.3 Å². The second kappa shape index (κ2) is 8.64. The van der Waals surface area contributed by atoms with Gasteiger partial charge in [0, 0.05) is 17.8 Å². The van der Waals surface area contributed by atoms with Crippen molar-refractivity contribution in [2.24, 2.45) is 0 Å². The van der Waals surface area contributed by atoms with Gasteiger partial charge in [0.25, 0.3) is 6.43 Å². The predicted octanol–water partition coefficient (Wildman–Crippen LogP) is 5.65. The number of carbonyl (C=O) groups is 1. The number of nitrogens with one attached hydrogen (secondary N) is 1. The van der Waals surface area contributed by atoms with Crippen molar-refractivity contribution in [3.63, 3.8) is 0 Å². The monoisotopic (exact) mass is 517 g/mol. The third-order valence-corrected chi connectivity index (χ3v) is 5.97. The number of anilines is 1. The van der Waals surface area contributed by atoms with Crippen LogP contribution in [0.3, 0.4) is 0 Å². The molecular weight excluding hydrogens is 503 g/mol. The third-order valence-electron chi connectivity index (χ3n) is 4.65. The minimum atomic E-state index is -2.67. The van der Waals surface area contributed by atoms with Crippen LogP contribution in [-0.4, -0.2) is 25.5 Å². The van der Waals surface area contributed by atoms with Crippen molar-refractivity contribution in [1.82, 2.24) is 19.6 Å². The number of alkyl halides is 2. The minimum Gasteiger partial charge on any atom is -0.307 e. The molecule has 0 unspecified atom stereocenters. The van der Waals surface area contributed by atoms with Crippen LogP contribution < -0.4 is 5.32 Å². The quantitative estimate of drug-likeness (QED) is 0.439. The van der Waals surface area contributed by atoms with Gasteiger partial charge in [-0.1, -0.05) is 29.3 Å². The number of carbonyl (C=O) groups excluding carboxylic acids is 1. The molecule has 158 valence electrons. The first kappa shape index (κ1) is 21.3. The highest BCUT2D eigenvalue weighted by molar-refractivity contribution is 9.10. The highest BCUT2D eigenvalue weighted by Crippen LogP contribution is 2.41. The molecule has 1 amide bonds. The van der Waals surface area contributed by atoms with Crippen LogP contribution in [-0.2, 0) is 17.9 Å². The molecule has 30 heavy (non-hydrogen) atoms. The number of halogens is 5. The highest BCUT2D eigenvalue weighted by Gasteiger charge is 2.30. The molecule has 0 aliphatic heterocycles. The Hall–Kier alpha value is -1.97. The lowest BCUT2D eigenvalue weighted by molar-refractivity contribution is -0.117. The van der Waals surface area contributed by atoms with Gasteiger partial charge in [-0.25, -0.2) is 8.78 Å². The molecule has 0 atom stereocenters. The molecule has 3 aromatic rings. The van der Waals surface area contributed by atoms with E-state index in [1.165, 1.54) is 10.7 Å². The molecule has 2 heterocycles. The van der Waals surface area contributed by atoms with Gasteiger partial charge < -0.3 is 5.32 Å². The molecule has 6 nitrogen and oxygen atoms in total. The van der Waals surface area contributed by atoms with Crippen LogP contribution in [0.25, 0.3) is 0 Å². The molecule has 1 aromatic carbocycles. The fourth-order valence-electron chi connectivity index (χ4n) is 3.09. The Balaban J connectivity index is 1.44. The average molecular weight is 519 g/mol. The lowest BCUT2D eigenvalue weighted by atomic mass is 10.2. The third kappa shape index (κ3) is 4.84. The first-order chi connectivity index (χ1) is 14.3. The summed E-state index contributed by atoms with van der Waals surface area (Å²) >= 11 is 15.3. The van der Waals surface area contributed by atoms with Crippen LogP contribution in [0.1, 0.15) is 42.1 Å². The summed E-state index contributed by atoms with van der Waals surface area (Å²) in [5.74, 6) is 0.116. The Morgan fingerprint density at radius 1 is 1.23 bits per heavy atom. The van der Waals surface area contributed by atoms with Gasteiger partial charge in [0.15, 0.2) is 5.82 Å². The Labute approximate surface area is 189 Å². The van der Waals surface area contributed by atoms with Gasteiger partial charge in [-0.05, 0) is 52.5 Å². The molecule has 1 aliphatic carbocycles. The highest BCUT2D eigenvalue weighted by atomic mass is 79.9. The summed E-state index contributed by atoms with van der Waals surface area (Å²) in [7, 11) is 0. The van der Waals surface area contributed by atoms with Crippen LogP contribution in [0, 0.1) is 0 Å². The van der Waals surface area contributed by atoms with Crippen molar-refractivity contribution in [3.8, 4) is 0 Å². The van der Waals surface area contributed by atoms with E-state index in [-0.39, 0.29) is 18.2 Å². The van der Waals surface area contributed by atoms with Crippen molar-refractivity contribution in [3.05, 3.63) is 61.9 Å². The normalized spacial score (nSPS) is 13.8. The fraction of sp³-hybridized carbons (Fsp3) is 0.316. The summed E-state index contributed by atoms with van der Waals surface area (Å²) in [6.45, 7) is 0.263. The second-order valence-corrected chi connectivity index (χ2v) is 8.72. The average Bonchev–Trinajstić information content (AvgIpc) is 3.35. The summed E-state index contributed by atoms with van der Waals surface area (Å²) in [4.78, 5) is 12.5. The molecule has 0 spiro atoms. The van der Waals surface area contributed by atoms with Gasteiger partial charge in [0.1, 0.15) is 12.2 Å². The topological polar surface area (TPSA) is 64.7 Å². The zero-order valence-electron chi connectivity index (χ0n) is 15.5. The van der Waals surface area contributed by atoms with Crippen molar-refractivity contribution in [1.29, 1.82) is 0 Å². The standard InChI is InChI=1S/C19H16BrCl2F2N5O/c20-12-8-28(7-10-1-4-13(21)14(22)5-10)27-19(12)25-17(30)9-29-16(11-2-3-11)6-15(26-29)18(23)24/h1,4-6,8,11,18H,2-3,7,9H2,(H,25,27,30). The number of aromatic nitrogens is 4. The van der Waals surface area contributed by atoms with E-state index in [0.29, 0.717) is 32.6 Å². The summed E-state index contributed by atoms with van der Waals surface area (Å²) in [5.41, 5.74) is 1.25. The predicted molar refractivity (Wildman–Crippen MR) is 113 cm³/mol. The fourth-order valence-corrected chi connectivity index (χ4v) is 3.82. The second-order valence-electron chi connectivity index (χ2n) is 7.05. The lowest BCUT2D eigenvalue weighted by Crippen LogP contribution is -2.21. The van der Waals surface area contributed by atoms with Crippen LogP contribution in [0.2, 0.25) is 10.0 Å². The zero-order valence-corrected chi connectivity index (χ0v) is 18.6. The first-order valence-corrected chi connectivity index (χ1v) is 10.7. The van der Waals surface area contributed by atoms with E-state index in [2.05, 4.69) is 31.4 Å². The van der Waals surface area contributed by atoms with Gasteiger partial charge in [0.2, 0.25) is 5.91 Å². The van der Waals surface area contributed by atoms with Crippen LogP contribution >= 0.6 is 39.1 Å². The summed E-state index contributed by atoms with van der Waals surface area (Å²) in [6, 6.07) is 6.67. The van der Waals surface area contributed by atoms with Crippen LogP contribution in [0.15, 0.2) is 34.9 Å². The van der Waals surface area contributed by atoms with Gasteiger partial charge in [-0.3, -0.25) is 14.2 Å². The number of hydrogen-bond donors (Lipinski definition) is 1. The van der Waals surface area contributed by atoms with E-state index in [9.17, 15) is 13.6 Å². The van der Waals surface area contributed by atoms with Gasteiger partial charge in [0.05, 0.1) is 21.1 Å². The molecule has 11 heteroatoms. The minimum absolute atomic E-state index is 0.162. The number of nitrogens with zero attached hydrogens (tertiary/aromatic N) is 4. The Kier molecular flexibility index (Phi) is 6.13. The zero-order chi connectivity index (χ0) is 21.4. The lowest BCUT2D eigenvalue weighted by Gasteiger charge is -2.07. The molecule has 4 rings (SSSR count). The summed E-state index contributed by atoms with van der Waals surface area (Å²) < 4.78 is 29.6. The molecule has 1 aliphatic rings. The van der Waals surface area contributed by atoms with Gasteiger partial charge >= 0.3 is 0 Å². The van der Waals surface area contributed by atoms with Crippen molar-refractivity contribution in [2.75, 3.05) is 5.32 Å². The van der Waals surface area contributed by atoms with E-state index in [4.69, 9.17) is 23.2 Å². The van der Waals surface area contributed by atoms with Crippen molar-refractivity contribution in [2.45, 2.75) is 38.3 Å². The van der Waals surface area contributed by atoms with Crippen LogP contribution in [0.5, 0.6) is 0 Å². The molecule has 0 saturated heterocycles. The number of benzene rings is 1. The van der Waals surface area contributed by atoms with E-state index in [1.807, 2.05) is 6.07 Å². The van der Waals surface area contributed by atoms with Crippen LogP contribution in [0.4, 0.5) is 14.6 Å². The largest absolute Gasteiger partial charge is 0.307 e. The number of rotatable bonds is 7. The molecule has 1 saturated carbocycles. The summed E-state index contributed by atoms with van der Waals surface area (Å²) in [6.07, 6.45) is 0.885. The maximum Gasteiger partial charge on any atom is 0.282 e. The number of hydrogen-bond acceptors (Lipinski definition) is 3. The van der Waals surface area contributed by atoms with Crippen molar-refractivity contribution >= 4 is 50.9 Å². The molecular formula is C19H16BrCl2F2N5O. The van der Waals surface area contributed by atoms with E-state index in [1.54, 1.807) is 23.0 Å². The van der Waals surface area contributed by atoms with Crippen molar-refractivity contribution < 1.29 is 13.6 Å². The Morgan fingerprint density at radius 3 is 2.67 bits per heavy atom. The van der Waals surface area contributed by atoms with E-state index in [0.717, 1.165) is 18.4 Å². The maximum absolute atomic E-state index is 13.0. The van der Waals surface area contributed by atoms with Gasteiger partial charge in [-0.2, -0.15) is 10.2 Å². The SMILES string of the molecule is O=C(Cn1nc(C(F)F)cc1C1CC1)Nc1nn(Cc2ccc(Cl)c(Cl)c2)cc1Br. The Morgan fingerprint density at radius 2 is 2.00 bits per heavy atom. The molecule has 1 fully saturated rings. The molecule has 2 aromatic heterocycles. The first-order valence-electron chi connectivity index (χ1n) is 9.12. The van der Waals surface area contributed by atoms with Gasteiger partial charge in [-0.15, -0.1) is 0 Å². The Bertz CT molecular complexity index is 1100. The number of amides is 1. The smallest absolute Gasteiger partial charge is 0.282 e. The summed E-state index contributed by atoms with van der Waals surface area (Å²) in [5, 5.41) is 11.9. The maximum atomic E-state index is 13.0. The molecule has 0 bridgehead atoms.